The molecule has 3 fully saturated rings. The second-order valence-electron chi connectivity index (χ2n) is 16.6. The number of anilines is 3. The molecule has 13 heteroatoms. The van der Waals surface area contributed by atoms with Gasteiger partial charge in [-0.1, -0.05) is 31.1 Å². The van der Waals surface area contributed by atoms with Crippen LogP contribution < -0.4 is 20.7 Å². The number of rotatable bonds is 8. The predicted octanol–water partition coefficient (Wildman–Crippen LogP) is 6.50. The number of aromatic hydroxyl groups is 1. The second-order valence-corrected chi connectivity index (χ2v) is 16.6. The van der Waals surface area contributed by atoms with E-state index < -0.39 is 11.9 Å². The van der Waals surface area contributed by atoms with Gasteiger partial charge in [0.15, 0.2) is 11.6 Å². The van der Waals surface area contributed by atoms with Crippen molar-refractivity contribution in [3.05, 3.63) is 76.4 Å². The third kappa shape index (κ3) is 6.15. The molecule has 7 heterocycles. The average molecular weight is 734 g/mol. The molecule has 1 saturated carbocycles. The maximum atomic E-state index is 11.8. The molecule has 0 radical (unpaired) electrons. The summed E-state index contributed by atoms with van der Waals surface area (Å²) in [6.07, 6.45) is 14.2. The van der Waals surface area contributed by atoms with E-state index in [1.54, 1.807) is 6.07 Å². The first kappa shape index (κ1) is 34.7. The number of aromatic amines is 1. The summed E-state index contributed by atoms with van der Waals surface area (Å²) < 4.78 is 5.51. The SMILES string of the molecule is CC(C)C(C(=O)O)c1cc(N2CCC3(CC2)CC(N2CCC(c4cnc(N5CCc6[nH]c7c(c6[C@@H]5C)C=C(c5ccccc5O)NN7)nc4)CC2)C3)no1. The Morgan fingerprint density at radius 2 is 1.76 bits per heavy atom. The van der Waals surface area contributed by atoms with E-state index in [-0.39, 0.29) is 17.7 Å². The van der Waals surface area contributed by atoms with Crippen molar-refractivity contribution < 1.29 is 19.5 Å². The van der Waals surface area contributed by atoms with Gasteiger partial charge >= 0.3 is 5.97 Å². The van der Waals surface area contributed by atoms with Crippen LogP contribution in [0, 0.1) is 11.3 Å². The van der Waals surface area contributed by atoms with Crippen LogP contribution in [0.3, 0.4) is 0 Å². The fourth-order valence-corrected chi connectivity index (χ4v) is 9.93. The van der Waals surface area contributed by atoms with Gasteiger partial charge in [0.2, 0.25) is 5.95 Å². The van der Waals surface area contributed by atoms with Gasteiger partial charge in [-0.25, -0.2) is 9.97 Å². The Morgan fingerprint density at radius 1 is 1.02 bits per heavy atom. The van der Waals surface area contributed by atoms with Gasteiger partial charge in [0.1, 0.15) is 17.5 Å². The summed E-state index contributed by atoms with van der Waals surface area (Å²) in [5, 5.41) is 24.4. The van der Waals surface area contributed by atoms with Crippen molar-refractivity contribution in [2.45, 2.75) is 89.6 Å². The van der Waals surface area contributed by atoms with Crippen LogP contribution in [0.25, 0.3) is 11.8 Å². The number of carboxylic acids is 1. The minimum atomic E-state index is -0.866. The summed E-state index contributed by atoms with van der Waals surface area (Å²) in [4.78, 5) is 32.5. The summed E-state index contributed by atoms with van der Waals surface area (Å²) in [7, 11) is 0. The Kier molecular flexibility index (Phi) is 8.79. The highest BCUT2D eigenvalue weighted by Crippen LogP contribution is 2.52. The molecule has 0 amide bonds. The topological polar surface area (TPSA) is 159 Å². The predicted molar refractivity (Wildman–Crippen MR) is 207 cm³/mol. The first-order chi connectivity index (χ1) is 26.2. The zero-order valence-corrected chi connectivity index (χ0v) is 31.4. The van der Waals surface area contributed by atoms with Gasteiger partial charge in [0, 0.05) is 72.9 Å². The molecule has 9 rings (SSSR count). The first-order valence-electron chi connectivity index (χ1n) is 19.7. The normalized spacial score (nSPS) is 22.2. The molecule has 4 aromatic rings. The highest BCUT2D eigenvalue weighted by Gasteiger charge is 2.48. The van der Waals surface area contributed by atoms with E-state index in [0.717, 1.165) is 99.2 Å². The standard InChI is InChI=1S/C41H51N9O4/c1-24(2)36(39(52)53)34-19-35(47-54-34)49-16-11-41(12-17-49)20-28(21-41)48-13-8-26(9-14-48)27-22-42-40(43-23-27)50-15-10-31-37(25(50)3)30-18-32(45-46-38(30)44-31)29-6-4-5-7-33(29)51/h4-7,18-19,22-26,28,36,44-46,51H,8-17,20-21H2,1-3H3,(H,52,53)/t25-,36?/m0/s1. The van der Waals surface area contributed by atoms with Crippen LogP contribution in [0.5, 0.6) is 5.75 Å². The number of carbonyl (C=O) groups is 1. The second kappa shape index (κ2) is 13.7. The van der Waals surface area contributed by atoms with Crippen molar-refractivity contribution in [2.24, 2.45) is 11.3 Å². The molecule has 1 spiro atoms. The fourth-order valence-electron chi connectivity index (χ4n) is 9.93. The Labute approximate surface area is 315 Å². The molecule has 5 N–H and O–H groups in total. The molecular formula is C41H51N9O4. The highest BCUT2D eigenvalue weighted by atomic mass is 16.5. The number of benzene rings is 1. The number of nitrogens with zero attached hydrogens (tertiary/aromatic N) is 6. The van der Waals surface area contributed by atoms with Gasteiger partial charge in [0.05, 0.1) is 11.7 Å². The van der Waals surface area contributed by atoms with Crippen molar-refractivity contribution in [3.8, 4) is 5.75 Å². The largest absolute Gasteiger partial charge is 0.507 e. The Bertz CT molecular complexity index is 2030. The highest BCUT2D eigenvalue weighted by molar-refractivity contribution is 5.90. The van der Waals surface area contributed by atoms with E-state index in [4.69, 9.17) is 14.5 Å². The molecule has 4 aliphatic heterocycles. The minimum Gasteiger partial charge on any atom is -0.507 e. The van der Waals surface area contributed by atoms with Gasteiger partial charge in [-0.05, 0) is 99.6 Å². The maximum absolute atomic E-state index is 11.8. The molecule has 1 unspecified atom stereocenters. The van der Waals surface area contributed by atoms with Crippen LogP contribution in [-0.4, -0.2) is 80.0 Å². The van der Waals surface area contributed by atoms with Gasteiger partial charge in [0.25, 0.3) is 0 Å². The lowest BCUT2D eigenvalue weighted by Crippen LogP contribution is -2.56. The van der Waals surface area contributed by atoms with Crippen molar-refractivity contribution in [1.29, 1.82) is 0 Å². The lowest BCUT2D eigenvalue weighted by atomic mass is 9.59. The molecule has 5 aliphatic rings. The number of hydrogen-bond acceptors (Lipinski definition) is 11. The number of hydrogen-bond donors (Lipinski definition) is 5. The fraction of sp³-hybridized carbons (Fsp3) is 0.512. The number of hydrazine groups is 1. The van der Waals surface area contributed by atoms with Crippen LogP contribution in [0.1, 0.15) is 111 Å². The van der Waals surface area contributed by atoms with E-state index in [2.05, 4.69) is 61.1 Å². The first-order valence-corrected chi connectivity index (χ1v) is 19.7. The molecule has 2 saturated heterocycles. The zero-order valence-electron chi connectivity index (χ0n) is 31.4. The van der Waals surface area contributed by atoms with Crippen LogP contribution in [0.15, 0.2) is 47.2 Å². The van der Waals surface area contributed by atoms with Crippen LogP contribution >= 0.6 is 0 Å². The molecule has 0 bridgehead atoms. The van der Waals surface area contributed by atoms with Crippen molar-refractivity contribution in [1.82, 2.24) is 30.4 Å². The van der Waals surface area contributed by atoms with Crippen LogP contribution in [0.2, 0.25) is 0 Å². The van der Waals surface area contributed by atoms with E-state index in [1.165, 1.54) is 29.7 Å². The third-order valence-electron chi connectivity index (χ3n) is 13.1. The van der Waals surface area contributed by atoms with Gasteiger partial charge < -0.3 is 34.4 Å². The number of phenols is 1. The number of phenolic OH excluding ortho intramolecular Hbond substituents is 1. The third-order valence-corrected chi connectivity index (χ3v) is 13.1. The van der Waals surface area contributed by atoms with Crippen molar-refractivity contribution in [3.63, 3.8) is 0 Å². The number of H-pyrrole nitrogens is 1. The molecule has 2 atom stereocenters. The molecule has 1 aliphatic carbocycles. The summed E-state index contributed by atoms with van der Waals surface area (Å²) in [5.41, 5.74) is 13.3. The van der Waals surface area contributed by atoms with Crippen molar-refractivity contribution >= 4 is 35.3 Å². The lowest BCUT2D eigenvalue weighted by molar-refractivity contribution is -0.140. The van der Waals surface area contributed by atoms with Crippen LogP contribution in [0.4, 0.5) is 17.6 Å². The number of likely N-dealkylation sites (tertiary alicyclic amines) is 1. The molecule has 3 aromatic heterocycles. The van der Waals surface area contributed by atoms with E-state index in [1.807, 2.05) is 38.1 Å². The lowest BCUT2D eigenvalue weighted by Gasteiger charge is -2.56. The monoisotopic (exact) mass is 733 g/mol. The number of aromatic nitrogens is 4. The van der Waals surface area contributed by atoms with E-state index >= 15 is 0 Å². The Hall–Kier alpha value is -5.04. The Morgan fingerprint density at radius 3 is 2.46 bits per heavy atom. The smallest absolute Gasteiger partial charge is 0.314 e. The average Bonchev–Trinajstić information content (AvgIpc) is 3.79. The summed E-state index contributed by atoms with van der Waals surface area (Å²) >= 11 is 0. The molecule has 284 valence electrons. The zero-order chi connectivity index (χ0) is 37.1. The number of carboxylic acid groups (broad SMARTS) is 1. The van der Waals surface area contributed by atoms with E-state index in [9.17, 15) is 15.0 Å². The summed E-state index contributed by atoms with van der Waals surface area (Å²) in [6, 6.07) is 9.96. The number of para-hydroxylation sites is 1. The van der Waals surface area contributed by atoms with Crippen molar-refractivity contribution in [2.75, 3.05) is 47.9 Å². The number of fused-ring (bicyclic) bond motifs is 3. The molecule has 54 heavy (non-hydrogen) atoms. The summed E-state index contributed by atoms with van der Waals surface area (Å²) in [6.45, 7) is 11.0. The van der Waals surface area contributed by atoms with Gasteiger partial charge in [-0.15, -0.1) is 0 Å². The van der Waals surface area contributed by atoms with Gasteiger partial charge in [-0.3, -0.25) is 15.6 Å². The quantitative estimate of drug-likeness (QED) is 0.134. The van der Waals surface area contributed by atoms with E-state index in [0.29, 0.717) is 23.1 Å². The number of piperidine rings is 2. The number of aliphatic carboxylic acids is 1. The number of nitrogens with one attached hydrogen (secondary N) is 3. The minimum absolute atomic E-state index is 0.0592. The maximum Gasteiger partial charge on any atom is 0.314 e. The van der Waals surface area contributed by atoms with Crippen LogP contribution in [-0.2, 0) is 11.2 Å². The summed E-state index contributed by atoms with van der Waals surface area (Å²) in [5.74, 6) is 2.06. The Balaban J connectivity index is 0.777. The molecule has 1 aromatic carbocycles. The van der Waals surface area contributed by atoms with Gasteiger partial charge in [-0.2, -0.15) is 0 Å². The molecular weight excluding hydrogens is 683 g/mol. The molecule has 13 nitrogen and oxygen atoms in total.